The molecule has 0 saturated heterocycles. The molecule has 0 fully saturated rings. The number of amides is 12. The van der Waals surface area contributed by atoms with Crippen LogP contribution in [-0.4, -0.2) is 200 Å². The van der Waals surface area contributed by atoms with Gasteiger partial charge in [0, 0.05) is 37.7 Å². The zero-order valence-corrected chi connectivity index (χ0v) is 54.3. The van der Waals surface area contributed by atoms with Crippen molar-refractivity contribution >= 4 is 101 Å². The first-order valence-electron chi connectivity index (χ1n) is 29.9. The monoisotopic (exact) mass is 1310 g/mol. The molecule has 12 amide bonds. The molecule has 91 heavy (non-hydrogen) atoms. The van der Waals surface area contributed by atoms with E-state index in [0.717, 1.165) is 0 Å². The fraction of sp³-hybridized carbons (Fsp3) is 0.679. The fourth-order valence-corrected chi connectivity index (χ4v) is 8.94. The van der Waals surface area contributed by atoms with Gasteiger partial charge in [-0.1, -0.05) is 48.0 Å². The second-order valence-corrected chi connectivity index (χ2v) is 23.9. The number of carbonyl (C=O) groups excluding carboxylic acids is 12. The maximum absolute atomic E-state index is 14.4. The summed E-state index contributed by atoms with van der Waals surface area (Å²) in [6, 6.07) is -16.3. The summed E-state index contributed by atoms with van der Waals surface area (Å²) in [4.78, 5) is 197. The molecule has 0 aliphatic heterocycles. The number of aliphatic carboxylic acids is 2. The van der Waals surface area contributed by atoms with Crippen LogP contribution in [-0.2, 0) is 73.5 Å². The number of aromatic nitrogens is 2. The van der Waals surface area contributed by atoms with Crippen molar-refractivity contribution in [2.75, 3.05) is 18.6 Å². The molecule has 22 N–H and O–H groups in total. The van der Waals surface area contributed by atoms with Crippen LogP contribution in [0.2, 0.25) is 0 Å². The quantitative estimate of drug-likeness (QED) is 0.0166. The summed E-state index contributed by atoms with van der Waals surface area (Å²) < 4.78 is 0. The largest absolute Gasteiger partial charge is 0.481 e. The number of aliphatic imine (C=N–C) groups is 1. The van der Waals surface area contributed by atoms with Gasteiger partial charge < -0.3 is 96.6 Å². The number of hydrogen-bond acceptors (Lipinski definition) is 18. The lowest BCUT2D eigenvalue weighted by Gasteiger charge is -2.30. The van der Waals surface area contributed by atoms with Gasteiger partial charge in [0.1, 0.15) is 66.5 Å². The topological polar surface area (TPSA) is 557 Å². The third-order valence-corrected chi connectivity index (χ3v) is 14.7. The summed E-state index contributed by atoms with van der Waals surface area (Å²) in [6.07, 6.45) is 2.52. The number of guanidine groups is 1. The lowest BCUT2D eigenvalue weighted by molar-refractivity contribution is -0.142. The average Bonchev–Trinajstić information content (AvgIpc) is 1.24. The van der Waals surface area contributed by atoms with E-state index in [4.69, 9.17) is 22.9 Å². The van der Waals surface area contributed by atoms with E-state index < -0.39 is 193 Å². The molecule has 0 bridgehead atoms. The van der Waals surface area contributed by atoms with Crippen LogP contribution in [0.3, 0.4) is 0 Å². The number of thioether (sulfide) groups is 1. The van der Waals surface area contributed by atoms with Crippen LogP contribution in [0.25, 0.3) is 0 Å². The highest BCUT2D eigenvalue weighted by Gasteiger charge is 2.37. The number of carbonyl (C=O) groups is 14. The molecule has 35 heteroatoms. The number of primary amides is 1. The van der Waals surface area contributed by atoms with Crippen molar-refractivity contribution in [3.63, 3.8) is 0 Å². The Balaban J connectivity index is 3.55. The third-order valence-electron chi connectivity index (χ3n) is 14.1. The van der Waals surface area contributed by atoms with Crippen LogP contribution < -0.4 is 81.4 Å². The second-order valence-electron chi connectivity index (χ2n) is 22.9. The molecule has 0 radical (unpaired) electrons. The number of nitrogens with zero attached hydrogens (tertiary/aromatic N) is 2. The van der Waals surface area contributed by atoms with E-state index in [2.05, 4.69) is 73.4 Å². The van der Waals surface area contributed by atoms with Crippen molar-refractivity contribution in [3.8, 4) is 0 Å². The Kier molecular flexibility index (Phi) is 36.1. The van der Waals surface area contributed by atoms with E-state index >= 15 is 0 Å². The Bertz CT molecular complexity index is 2680. The molecule has 512 valence electrons. The summed E-state index contributed by atoms with van der Waals surface area (Å²) in [7, 11) is 0. The number of hydrogen-bond donors (Lipinski definition) is 18. The zero-order chi connectivity index (χ0) is 69.4. The highest BCUT2D eigenvalue weighted by molar-refractivity contribution is 7.98. The summed E-state index contributed by atoms with van der Waals surface area (Å²) in [5.41, 5.74) is 22.3. The summed E-state index contributed by atoms with van der Waals surface area (Å²) in [5.74, 6) is -14.6. The third kappa shape index (κ3) is 30.6. The van der Waals surface area contributed by atoms with Gasteiger partial charge in [0.25, 0.3) is 0 Å². The average molecular weight is 1310 g/mol. The molecular formula is C56H96N18O16S. The molecule has 13 atom stereocenters. The van der Waals surface area contributed by atoms with E-state index in [1.54, 1.807) is 47.8 Å². The van der Waals surface area contributed by atoms with E-state index in [9.17, 15) is 77.3 Å². The number of nitrogens with two attached hydrogens (primary N) is 4. The summed E-state index contributed by atoms with van der Waals surface area (Å²) in [5, 5.41) is 46.6. The van der Waals surface area contributed by atoms with Gasteiger partial charge in [0.15, 0.2) is 5.96 Å². The number of nitrogens with one attached hydrogen (secondary N) is 12. The van der Waals surface area contributed by atoms with Gasteiger partial charge in [-0.15, -0.1) is 0 Å². The molecule has 1 aromatic rings. The van der Waals surface area contributed by atoms with Crippen LogP contribution in [0.1, 0.15) is 133 Å². The van der Waals surface area contributed by atoms with E-state index in [1.807, 2.05) is 0 Å². The second kappa shape index (κ2) is 40.9. The highest BCUT2D eigenvalue weighted by atomic mass is 32.2. The Morgan fingerprint density at radius 3 is 1.46 bits per heavy atom. The van der Waals surface area contributed by atoms with E-state index in [-0.39, 0.29) is 62.7 Å². The molecular weight excluding hydrogens is 1210 g/mol. The Morgan fingerprint density at radius 2 is 0.978 bits per heavy atom. The minimum Gasteiger partial charge on any atom is -0.481 e. The van der Waals surface area contributed by atoms with Crippen molar-refractivity contribution in [1.82, 2.24) is 68.5 Å². The summed E-state index contributed by atoms with van der Waals surface area (Å²) >= 11 is 1.32. The molecule has 1 aromatic heterocycles. The van der Waals surface area contributed by atoms with Crippen LogP contribution in [0, 0.1) is 17.8 Å². The van der Waals surface area contributed by atoms with Gasteiger partial charge >= 0.3 is 11.9 Å². The van der Waals surface area contributed by atoms with Crippen molar-refractivity contribution in [2.24, 2.45) is 45.7 Å². The molecule has 1 heterocycles. The predicted molar refractivity (Wildman–Crippen MR) is 334 cm³/mol. The number of imidazole rings is 1. The van der Waals surface area contributed by atoms with Gasteiger partial charge in [0.05, 0.1) is 12.4 Å². The molecule has 1 rings (SSSR count). The molecule has 34 nitrogen and oxygen atoms in total. The number of rotatable bonds is 43. The van der Waals surface area contributed by atoms with Gasteiger partial charge in [-0.2, -0.15) is 11.8 Å². The zero-order valence-electron chi connectivity index (χ0n) is 53.5. The summed E-state index contributed by atoms with van der Waals surface area (Å²) in [6.45, 7) is 15.3. The minimum atomic E-state index is -1.60. The number of carboxylic acids is 2. The number of aromatic amines is 1. The van der Waals surface area contributed by atoms with Crippen molar-refractivity contribution in [3.05, 3.63) is 18.2 Å². The highest BCUT2D eigenvalue weighted by Crippen LogP contribution is 2.14. The van der Waals surface area contributed by atoms with Crippen molar-refractivity contribution in [1.29, 1.82) is 0 Å². The van der Waals surface area contributed by atoms with Gasteiger partial charge in [0.2, 0.25) is 70.9 Å². The van der Waals surface area contributed by atoms with Crippen LogP contribution >= 0.6 is 11.8 Å². The predicted octanol–water partition coefficient (Wildman–Crippen LogP) is -4.54. The maximum atomic E-state index is 14.4. The first-order valence-corrected chi connectivity index (χ1v) is 31.3. The van der Waals surface area contributed by atoms with Crippen LogP contribution in [0.4, 0.5) is 0 Å². The molecule has 0 aliphatic rings. The van der Waals surface area contributed by atoms with Gasteiger partial charge in [-0.25, -0.2) is 4.98 Å². The van der Waals surface area contributed by atoms with Gasteiger partial charge in [-0.05, 0) is 96.0 Å². The lowest BCUT2D eigenvalue weighted by Crippen LogP contribution is -2.61. The van der Waals surface area contributed by atoms with Gasteiger partial charge in [-0.3, -0.25) is 72.1 Å². The van der Waals surface area contributed by atoms with Crippen molar-refractivity contribution in [2.45, 2.75) is 206 Å². The standard InChI is InChI=1S/C56H96N18O16S/c1-12-28(6)43(74-50(84)36(16-18-41(76)77)68-46(80)31(9)65-53(87)42(27(4)5)73-44(78)29(7)57)54(88)70-35(15-17-40(58)75)48(82)71-38(22-26(2)3)52(86)69-37(19-21-91-11)49(83)72-39(23-33-24-61-25-63-33)51(85)64-30(8)45(79)67-34(14-13-20-62-56(59)60)47(81)66-32(10)55(89)90/h24-32,34-39,42-43H,12-23,57H2,1-11H3,(H2,58,75)(H,61,63)(H,64,85)(H,65,87)(H,66,81)(H,67,79)(H,68,80)(H,69,86)(H,70,88)(H,71,82)(H,72,83)(H,73,78)(H,74,84)(H,76,77)(H,89,90)(H4,59,60,62)/t28-,29-,30-,31-,32-,34-,35-,36-,37-,38-,39-,42-,43-/m0/s1. The van der Waals surface area contributed by atoms with Crippen LogP contribution in [0.5, 0.6) is 0 Å². The maximum Gasteiger partial charge on any atom is 0.325 e. The van der Waals surface area contributed by atoms with E-state index in [1.165, 1.54) is 52.0 Å². The molecule has 0 aliphatic carbocycles. The fourth-order valence-electron chi connectivity index (χ4n) is 8.47. The SMILES string of the molecule is CC[C@H](C)[C@H](NC(=O)[C@H](CCC(=O)O)NC(=O)[C@H](C)NC(=O)[C@@H](NC(=O)[C@H](C)N)C(C)C)C(=O)N[C@@H](CCC(N)=O)C(=O)N[C@@H](CC(C)C)C(=O)N[C@@H](CCSC)C(=O)N[C@@H](Cc1cnc[nH]1)C(=O)N[C@@H](C)C(=O)N[C@@H](CCCN=C(N)N)C(=O)N[C@@H](C)C(=O)O. The number of H-pyrrole nitrogens is 1. The normalized spacial score (nSPS) is 15.4. The van der Waals surface area contributed by atoms with Crippen LogP contribution in [0.15, 0.2) is 17.5 Å². The molecule has 0 spiro atoms. The smallest absolute Gasteiger partial charge is 0.325 e. The lowest BCUT2D eigenvalue weighted by atomic mass is 9.96. The Labute approximate surface area is 532 Å². The Hall–Kier alpha value is -8.63. The minimum absolute atomic E-state index is 0.0173. The number of carboxylic acid groups (broad SMARTS) is 2. The molecule has 0 aromatic carbocycles. The molecule has 0 unspecified atom stereocenters. The van der Waals surface area contributed by atoms with E-state index in [0.29, 0.717) is 5.69 Å². The van der Waals surface area contributed by atoms with Crippen molar-refractivity contribution < 1.29 is 77.3 Å². The molecule has 0 saturated carbocycles. The Morgan fingerprint density at radius 1 is 0.538 bits per heavy atom. The first-order chi connectivity index (χ1) is 42.5. The first kappa shape index (κ1) is 80.4.